The van der Waals surface area contributed by atoms with Crippen molar-refractivity contribution in [2.24, 2.45) is 0 Å². The molecule has 0 unspecified atom stereocenters. The molecule has 4 heterocycles. The molecule has 5 rings (SSSR count). The van der Waals surface area contributed by atoms with E-state index < -0.39 is 0 Å². The molecule has 3 aromatic heterocycles. The lowest BCUT2D eigenvalue weighted by molar-refractivity contribution is 0.101. The van der Waals surface area contributed by atoms with E-state index in [1.165, 1.54) is 6.92 Å². The second-order valence-corrected chi connectivity index (χ2v) is 9.55. The molecule has 0 atom stereocenters. The molecule has 180 valence electrons. The highest BCUT2D eigenvalue weighted by molar-refractivity contribution is 6.04. The molecule has 0 aromatic carbocycles. The third-order valence-corrected chi connectivity index (χ3v) is 7.19. The Kier molecular flexibility index (Phi) is 6.31. The molecule has 2 radical (unpaired) electrons. The lowest BCUT2D eigenvalue weighted by atomic mass is 10.0. The van der Waals surface area contributed by atoms with E-state index in [1.807, 2.05) is 37.0 Å². The molecular formula is C25H30BN7O2. The molecule has 0 bridgehead atoms. The molecule has 10 heteroatoms. The molecule has 9 nitrogen and oxygen atoms in total. The maximum atomic E-state index is 13.5. The largest absolute Gasteiger partial charge is 0.368 e. The third-order valence-electron chi connectivity index (χ3n) is 7.19. The second-order valence-electron chi connectivity index (χ2n) is 9.55. The van der Waals surface area contributed by atoms with Crippen molar-refractivity contribution in [2.45, 2.75) is 52.5 Å². The first kappa shape index (κ1) is 23.5. The molecule has 2 aliphatic rings. The van der Waals surface area contributed by atoms with E-state index in [0.29, 0.717) is 23.0 Å². The molecule has 0 spiro atoms. The van der Waals surface area contributed by atoms with Gasteiger partial charge < -0.3 is 15.0 Å². The van der Waals surface area contributed by atoms with Gasteiger partial charge in [0.05, 0.1) is 23.1 Å². The number of fused-ring (bicyclic) bond motifs is 1. The van der Waals surface area contributed by atoms with Crippen molar-refractivity contribution in [3.05, 3.63) is 45.5 Å². The van der Waals surface area contributed by atoms with E-state index in [-0.39, 0.29) is 22.9 Å². The van der Waals surface area contributed by atoms with Gasteiger partial charge in [0.2, 0.25) is 5.95 Å². The molecule has 0 amide bonds. The lowest BCUT2D eigenvalue weighted by Gasteiger charge is -2.34. The summed E-state index contributed by atoms with van der Waals surface area (Å²) in [7, 11) is 5.86. The lowest BCUT2D eigenvalue weighted by Crippen LogP contribution is -2.45. The first-order chi connectivity index (χ1) is 16.8. The molecule has 1 saturated heterocycles. The summed E-state index contributed by atoms with van der Waals surface area (Å²) in [5.74, 6) is 0.782. The summed E-state index contributed by atoms with van der Waals surface area (Å²) in [6.07, 6.45) is 5.77. The number of aromatic nitrogens is 4. The Bertz CT molecular complexity index is 1320. The van der Waals surface area contributed by atoms with Gasteiger partial charge in [-0.1, -0.05) is 12.8 Å². The molecule has 2 fully saturated rings. The van der Waals surface area contributed by atoms with Crippen molar-refractivity contribution in [1.82, 2.24) is 24.3 Å². The van der Waals surface area contributed by atoms with E-state index in [9.17, 15) is 9.59 Å². The monoisotopic (exact) mass is 471 g/mol. The number of ketones is 1. The maximum Gasteiger partial charge on any atom is 0.263 e. The standard InChI is InChI=1S/C25H30BN7O2/c1-15-21-16(2)28-25(29-20-9-8-19(14-27-20)31-10-12-32(26)13-11-31)30-23(21)33(18-6-4-5-7-18)24(35)22(15)17(3)34/h8-9,14,18H,4-7,10-13H2,1-3H3,(H,27,28,29,30). The van der Waals surface area contributed by atoms with Crippen LogP contribution in [-0.2, 0) is 0 Å². The van der Waals surface area contributed by atoms with Gasteiger partial charge in [-0.2, -0.15) is 4.98 Å². The molecular weight excluding hydrogens is 441 g/mol. The number of pyridine rings is 2. The highest BCUT2D eigenvalue weighted by Gasteiger charge is 2.27. The van der Waals surface area contributed by atoms with Crippen LogP contribution in [0.5, 0.6) is 0 Å². The number of nitrogens with one attached hydrogen (secondary N) is 1. The highest BCUT2D eigenvalue weighted by Crippen LogP contribution is 2.33. The summed E-state index contributed by atoms with van der Waals surface area (Å²) < 4.78 is 1.74. The van der Waals surface area contributed by atoms with E-state index in [4.69, 9.17) is 13.0 Å². The third kappa shape index (κ3) is 4.42. The minimum Gasteiger partial charge on any atom is -0.368 e. The van der Waals surface area contributed by atoms with Gasteiger partial charge in [-0.3, -0.25) is 14.2 Å². The number of anilines is 3. The fraction of sp³-hybridized carbons (Fsp3) is 0.480. The van der Waals surface area contributed by atoms with Gasteiger partial charge in [0, 0.05) is 37.6 Å². The zero-order valence-electron chi connectivity index (χ0n) is 20.5. The number of piperazine rings is 1. The number of hydrogen-bond donors (Lipinski definition) is 1. The summed E-state index contributed by atoms with van der Waals surface area (Å²) in [6.45, 7) is 8.51. The van der Waals surface area contributed by atoms with Crippen LogP contribution < -0.4 is 15.8 Å². The number of hydrogen-bond acceptors (Lipinski definition) is 8. The molecule has 3 aromatic rings. The first-order valence-corrected chi connectivity index (χ1v) is 12.3. The van der Waals surface area contributed by atoms with E-state index in [1.54, 1.807) is 4.57 Å². The normalized spacial score (nSPS) is 17.3. The number of rotatable bonds is 5. The molecule has 1 N–H and O–H groups in total. The Morgan fingerprint density at radius 3 is 2.43 bits per heavy atom. The minimum absolute atomic E-state index is 0.0391. The summed E-state index contributed by atoms with van der Waals surface area (Å²) in [6, 6.07) is 3.96. The predicted octanol–water partition coefficient (Wildman–Crippen LogP) is 3.07. The number of Topliss-reactive ketones (excluding diaryl/α,β-unsaturated/α-hetero) is 1. The van der Waals surface area contributed by atoms with E-state index in [0.717, 1.165) is 68.6 Å². The van der Waals surface area contributed by atoms with Gasteiger partial charge in [-0.05, 0) is 51.3 Å². The van der Waals surface area contributed by atoms with Crippen LogP contribution in [0.1, 0.15) is 60.3 Å². The van der Waals surface area contributed by atoms with Gasteiger partial charge in [0.15, 0.2) is 13.8 Å². The Balaban J connectivity index is 1.52. The van der Waals surface area contributed by atoms with Crippen molar-refractivity contribution in [2.75, 3.05) is 36.4 Å². The Labute approximate surface area is 206 Å². The SMILES string of the molecule is [B]N1CCN(c2ccc(Nc3nc(C)c4c(C)c(C(C)=O)c(=O)n(C5CCCC5)c4n3)nc2)CC1. The van der Waals surface area contributed by atoms with Crippen LogP contribution in [-0.4, -0.2) is 64.3 Å². The van der Waals surface area contributed by atoms with Crippen LogP contribution in [0.15, 0.2) is 23.1 Å². The average molecular weight is 471 g/mol. The molecule has 1 saturated carbocycles. The predicted molar refractivity (Wildman–Crippen MR) is 138 cm³/mol. The van der Waals surface area contributed by atoms with Crippen LogP contribution in [0.3, 0.4) is 0 Å². The topological polar surface area (TPSA) is 96.2 Å². The average Bonchev–Trinajstić information content (AvgIpc) is 3.34. The summed E-state index contributed by atoms with van der Waals surface area (Å²) in [4.78, 5) is 43.9. The van der Waals surface area contributed by atoms with Crippen LogP contribution in [0, 0.1) is 13.8 Å². The Hall–Kier alpha value is -3.27. The zero-order chi connectivity index (χ0) is 24.7. The van der Waals surface area contributed by atoms with Gasteiger partial charge in [0.1, 0.15) is 11.5 Å². The van der Waals surface area contributed by atoms with Gasteiger partial charge in [0.25, 0.3) is 5.56 Å². The highest BCUT2D eigenvalue weighted by atomic mass is 16.1. The summed E-state index contributed by atoms with van der Waals surface area (Å²) >= 11 is 0. The zero-order valence-corrected chi connectivity index (χ0v) is 20.5. The fourth-order valence-corrected chi connectivity index (χ4v) is 5.39. The van der Waals surface area contributed by atoms with Crippen LogP contribution >= 0.6 is 0 Å². The number of carbonyl (C=O) groups excluding carboxylic acids is 1. The smallest absolute Gasteiger partial charge is 0.263 e. The number of aryl methyl sites for hydroxylation is 2. The Morgan fingerprint density at radius 2 is 1.80 bits per heavy atom. The quantitative estimate of drug-likeness (QED) is 0.448. The minimum atomic E-state index is -0.251. The van der Waals surface area contributed by atoms with Crippen molar-refractivity contribution in [3.8, 4) is 0 Å². The van der Waals surface area contributed by atoms with Crippen LogP contribution in [0.25, 0.3) is 11.0 Å². The summed E-state index contributed by atoms with van der Waals surface area (Å²) in [5, 5.41) is 3.98. The van der Waals surface area contributed by atoms with Crippen molar-refractivity contribution in [1.29, 1.82) is 0 Å². The number of carbonyl (C=O) groups is 1. The number of nitrogens with zero attached hydrogens (tertiary/aromatic N) is 6. The van der Waals surface area contributed by atoms with Crippen LogP contribution in [0.4, 0.5) is 17.5 Å². The maximum absolute atomic E-state index is 13.5. The Morgan fingerprint density at radius 1 is 1.09 bits per heavy atom. The van der Waals surface area contributed by atoms with Gasteiger partial charge >= 0.3 is 0 Å². The van der Waals surface area contributed by atoms with Crippen LogP contribution in [0.2, 0.25) is 0 Å². The van der Waals surface area contributed by atoms with E-state index >= 15 is 0 Å². The van der Waals surface area contributed by atoms with Crippen molar-refractivity contribution >= 4 is 42.3 Å². The first-order valence-electron chi connectivity index (χ1n) is 12.3. The van der Waals surface area contributed by atoms with Crippen molar-refractivity contribution < 1.29 is 4.79 Å². The molecule has 35 heavy (non-hydrogen) atoms. The van der Waals surface area contributed by atoms with E-state index in [2.05, 4.69) is 20.2 Å². The van der Waals surface area contributed by atoms with Gasteiger partial charge in [-0.25, -0.2) is 9.97 Å². The summed E-state index contributed by atoms with van der Waals surface area (Å²) in [5.41, 5.74) is 2.98. The molecule has 1 aliphatic carbocycles. The second kappa shape index (κ2) is 9.41. The fourth-order valence-electron chi connectivity index (χ4n) is 5.39. The van der Waals surface area contributed by atoms with Gasteiger partial charge in [-0.15, -0.1) is 0 Å². The molecule has 1 aliphatic heterocycles. The van der Waals surface area contributed by atoms with Crippen molar-refractivity contribution in [3.63, 3.8) is 0 Å².